The first-order valence-electron chi connectivity index (χ1n) is 15.5. The highest BCUT2D eigenvalue weighted by atomic mass is 15.1. The number of benzene rings is 1. The van der Waals surface area contributed by atoms with Crippen LogP contribution in [0.5, 0.6) is 0 Å². The lowest BCUT2D eigenvalue weighted by Gasteiger charge is -2.31. The molecule has 1 aliphatic heterocycles. The zero-order chi connectivity index (χ0) is 27.4. The lowest BCUT2D eigenvalue weighted by atomic mass is 9.77. The molecule has 0 N–H and O–H groups in total. The minimum Gasteiger partial charge on any atom is -0.194 e. The number of nitrogens with zero attached hydrogens (tertiary/aromatic N) is 2. The van der Waals surface area contributed by atoms with Gasteiger partial charge in [0.2, 0.25) is 5.69 Å². The van der Waals surface area contributed by atoms with Gasteiger partial charge >= 0.3 is 0 Å². The van der Waals surface area contributed by atoms with Crippen molar-refractivity contribution in [2.45, 2.75) is 96.9 Å². The van der Waals surface area contributed by atoms with Crippen LogP contribution in [0, 0.1) is 18.8 Å². The molecule has 0 radical (unpaired) electrons. The first-order chi connectivity index (χ1) is 19.0. The monoisotopic (exact) mass is 520 g/mol. The van der Waals surface area contributed by atoms with Crippen LogP contribution < -0.4 is 9.13 Å². The van der Waals surface area contributed by atoms with E-state index in [1.54, 1.807) is 0 Å². The van der Waals surface area contributed by atoms with Crippen molar-refractivity contribution in [1.29, 1.82) is 0 Å². The van der Waals surface area contributed by atoms with Crippen LogP contribution >= 0.6 is 0 Å². The molecule has 5 rings (SSSR count). The van der Waals surface area contributed by atoms with Crippen LogP contribution in [-0.2, 0) is 0 Å². The van der Waals surface area contributed by atoms with Gasteiger partial charge in [0, 0.05) is 37.6 Å². The molecule has 1 saturated carbocycles. The smallest absolute Gasteiger partial charge is 0.194 e. The Bertz CT molecular complexity index is 1310. The topological polar surface area (TPSA) is 7.76 Å². The molecule has 3 aromatic rings. The molecule has 1 aromatic carbocycles. The van der Waals surface area contributed by atoms with Gasteiger partial charge < -0.3 is 0 Å². The van der Waals surface area contributed by atoms with E-state index in [9.17, 15) is 0 Å². The van der Waals surface area contributed by atoms with Crippen molar-refractivity contribution < 1.29 is 9.13 Å². The third-order valence-corrected chi connectivity index (χ3v) is 9.73. The molecular weight excluding hydrogens is 472 g/mol. The maximum Gasteiger partial charge on any atom is 0.213 e. The molecule has 0 bridgehead atoms. The molecule has 0 spiro atoms. The summed E-state index contributed by atoms with van der Waals surface area (Å²) in [6.45, 7) is 14.0. The fraction of sp³-hybridized carbons (Fsp3) is 0.459. The van der Waals surface area contributed by atoms with Gasteiger partial charge in [0.05, 0.1) is 5.56 Å². The Labute approximate surface area is 237 Å². The van der Waals surface area contributed by atoms with Crippen LogP contribution in [0.3, 0.4) is 0 Å². The second-order valence-corrected chi connectivity index (χ2v) is 12.1. The number of rotatable bonds is 9. The molecule has 2 nitrogen and oxygen atoms in total. The third-order valence-electron chi connectivity index (χ3n) is 9.73. The average molecular weight is 521 g/mol. The predicted octanol–water partition coefficient (Wildman–Crippen LogP) is 9.11. The van der Waals surface area contributed by atoms with Gasteiger partial charge in [-0.2, -0.15) is 9.13 Å². The Morgan fingerprint density at radius 2 is 1.79 bits per heavy atom. The van der Waals surface area contributed by atoms with E-state index in [2.05, 4.69) is 116 Å². The molecule has 2 aliphatic rings. The number of allylic oxidation sites excluding steroid dienone is 3. The molecule has 2 heteroatoms. The van der Waals surface area contributed by atoms with Crippen LogP contribution in [0.4, 0.5) is 0 Å². The summed E-state index contributed by atoms with van der Waals surface area (Å²) < 4.78 is 4.93. The van der Waals surface area contributed by atoms with Crippen molar-refractivity contribution >= 4 is 5.70 Å². The summed E-state index contributed by atoms with van der Waals surface area (Å²) in [6, 6.07) is 20.8. The number of aryl methyl sites for hydroxylation is 1. The summed E-state index contributed by atoms with van der Waals surface area (Å²) in [5, 5.41) is 0. The number of fused-ring (bicyclic) bond motifs is 3. The van der Waals surface area contributed by atoms with Crippen molar-refractivity contribution in [2.24, 2.45) is 11.8 Å². The molecule has 4 atom stereocenters. The van der Waals surface area contributed by atoms with Gasteiger partial charge in [0.15, 0.2) is 29.8 Å². The Balaban J connectivity index is 1.53. The Hall–Kier alpha value is -3.00. The van der Waals surface area contributed by atoms with Gasteiger partial charge in [-0.1, -0.05) is 69.9 Å². The zero-order valence-corrected chi connectivity index (χ0v) is 24.7. The van der Waals surface area contributed by atoms with Gasteiger partial charge in [-0.25, -0.2) is 0 Å². The van der Waals surface area contributed by atoms with E-state index in [4.69, 9.17) is 6.58 Å². The molecule has 3 heterocycles. The van der Waals surface area contributed by atoms with Crippen molar-refractivity contribution in [3.63, 3.8) is 0 Å². The molecule has 0 saturated heterocycles. The molecule has 204 valence electrons. The van der Waals surface area contributed by atoms with E-state index in [-0.39, 0.29) is 5.92 Å². The fourth-order valence-electron chi connectivity index (χ4n) is 7.33. The maximum atomic E-state index is 4.82. The molecular formula is C37H48N2+2. The van der Waals surface area contributed by atoms with Gasteiger partial charge in [-0.05, 0) is 73.8 Å². The summed E-state index contributed by atoms with van der Waals surface area (Å²) in [5.74, 6) is 2.22. The van der Waals surface area contributed by atoms with E-state index in [0.717, 1.165) is 12.3 Å². The number of hydrogen-bond acceptors (Lipinski definition) is 0. The standard InChI is InChI=1S/C37H48N2/c1-6-15-30(27(3)7-2)21-22-36-37(34-19-12-11-18-33(34)35-20-13-14-24-39(35)36)29(5)38-25-23-32(26-28(38)4)31-16-9-8-10-17-31/h6,11-15,18-20,23-27,30-31,36-37H,5,7-10,16-17,21-22H2,1-4H3/q+2/b15-6-. The van der Waals surface area contributed by atoms with Gasteiger partial charge in [0.25, 0.3) is 0 Å². The number of hydrogen-bond donors (Lipinski definition) is 0. The van der Waals surface area contributed by atoms with Gasteiger partial charge in [0.1, 0.15) is 5.92 Å². The van der Waals surface area contributed by atoms with Crippen molar-refractivity contribution in [1.82, 2.24) is 0 Å². The minimum absolute atomic E-state index is 0.216. The normalized spacial score (nSPS) is 20.8. The summed E-state index contributed by atoms with van der Waals surface area (Å²) in [5.41, 5.74) is 8.07. The van der Waals surface area contributed by atoms with Crippen LogP contribution in [0.2, 0.25) is 0 Å². The van der Waals surface area contributed by atoms with Crippen molar-refractivity contribution in [3.05, 3.63) is 103 Å². The van der Waals surface area contributed by atoms with Crippen molar-refractivity contribution in [3.8, 4) is 11.3 Å². The molecule has 2 aromatic heterocycles. The zero-order valence-electron chi connectivity index (χ0n) is 24.7. The third kappa shape index (κ3) is 5.67. The molecule has 0 amide bonds. The van der Waals surface area contributed by atoms with Crippen LogP contribution in [0.25, 0.3) is 17.0 Å². The summed E-state index contributed by atoms with van der Waals surface area (Å²) in [6.07, 6.45) is 19.6. The number of aromatic nitrogens is 2. The van der Waals surface area contributed by atoms with E-state index in [1.165, 1.54) is 78.7 Å². The second-order valence-electron chi connectivity index (χ2n) is 12.1. The van der Waals surface area contributed by atoms with Crippen LogP contribution in [0.15, 0.2) is 85.7 Å². The highest BCUT2D eigenvalue weighted by Gasteiger charge is 2.45. The SMILES string of the molecule is C=C(C1c2ccccc2-c2cccc[n+]2C1CCC(/C=C\C)C(C)CC)[n+]1ccc(C2CCCCC2)cc1C. The number of pyridine rings is 2. The molecule has 39 heavy (non-hydrogen) atoms. The van der Waals surface area contributed by atoms with E-state index in [0.29, 0.717) is 17.9 Å². The molecule has 1 fully saturated rings. The first kappa shape index (κ1) is 27.6. The Morgan fingerprint density at radius 1 is 1.03 bits per heavy atom. The van der Waals surface area contributed by atoms with E-state index >= 15 is 0 Å². The maximum absolute atomic E-state index is 4.82. The minimum atomic E-state index is 0.216. The Kier molecular flexibility index (Phi) is 8.80. The highest BCUT2D eigenvalue weighted by Crippen LogP contribution is 2.44. The average Bonchev–Trinajstić information content (AvgIpc) is 2.98. The van der Waals surface area contributed by atoms with Crippen molar-refractivity contribution in [2.75, 3.05) is 0 Å². The largest absolute Gasteiger partial charge is 0.213 e. The second kappa shape index (κ2) is 12.5. The van der Waals surface area contributed by atoms with Gasteiger partial charge in [-0.15, -0.1) is 0 Å². The predicted molar refractivity (Wildman–Crippen MR) is 163 cm³/mol. The first-order valence-corrected chi connectivity index (χ1v) is 15.5. The quantitative estimate of drug-likeness (QED) is 0.196. The lowest BCUT2D eigenvalue weighted by molar-refractivity contribution is -0.721. The summed E-state index contributed by atoms with van der Waals surface area (Å²) in [7, 11) is 0. The molecule has 4 unspecified atom stereocenters. The summed E-state index contributed by atoms with van der Waals surface area (Å²) >= 11 is 0. The fourth-order valence-corrected chi connectivity index (χ4v) is 7.33. The van der Waals surface area contributed by atoms with E-state index < -0.39 is 0 Å². The molecule has 1 aliphatic carbocycles. The van der Waals surface area contributed by atoms with Crippen LogP contribution in [-0.4, -0.2) is 0 Å². The lowest BCUT2D eigenvalue weighted by Crippen LogP contribution is -2.51. The highest BCUT2D eigenvalue weighted by molar-refractivity contribution is 5.67. The van der Waals surface area contributed by atoms with E-state index in [1.807, 2.05) is 0 Å². The Morgan fingerprint density at radius 3 is 2.54 bits per heavy atom. The summed E-state index contributed by atoms with van der Waals surface area (Å²) in [4.78, 5) is 0. The van der Waals surface area contributed by atoms with Gasteiger partial charge in [-0.3, -0.25) is 0 Å². The van der Waals surface area contributed by atoms with Crippen LogP contribution in [0.1, 0.15) is 107 Å².